The third-order valence-corrected chi connectivity index (χ3v) is 3.41. The van der Waals surface area contributed by atoms with Crippen LogP contribution in [0, 0.1) is 6.92 Å². The van der Waals surface area contributed by atoms with Crippen LogP contribution in [0.25, 0.3) is 22.2 Å². The number of anilines is 1. The first-order chi connectivity index (χ1) is 9.72. The van der Waals surface area contributed by atoms with Crippen LogP contribution in [0.1, 0.15) is 5.69 Å². The molecule has 0 saturated heterocycles. The molecule has 4 aromatic heterocycles. The molecule has 4 aromatic rings. The maximum absolute atomic E-state index is 5.68. The van der Waals surface area contributed by atoms with Gasteiger partial charge in [0.2, 0.25) is 5.95 Å². The lowest BCUT2D eigenvalue weighted by molar-refractivity contribution is 0.902. The van der Waals surface area contributed by atoms with Gasteiger partial charge in [-0.05, 0) is 36.8 Å². The Labute approximate surface area is 114 Å². The molecule has 0 unspecified atom stereocenters. The van der Waals surface area contributed by atoms with E-state index >= 15 is 0 Å². The van der Waals surface area contributed by atoms with Crippen molar-refractivity contribution in [3.8, 4) is 11.1 Å². The molecule has 98 valence electrons. The second-order valence-electron chi connectivity index (χ2n) is 4.69. The summed E-state index contributed by atoms with van der Waals surface area (Å²) in [6.07, 6.45) is 5.63. The standard InChI is InChI=1S/C14H12N6/c1-9-13-12(4-7-20(13)18-14(15)17-9)10-3-6-19-11(8-10)2-5-16-19/h2-8H,1H3,(H2,15,18). The monoisotopic (exact) mass is 264 g/mol. The minimum Gasteiger partial charge on any atom is -0.367 e. The maximum atomic E-state index is 5.68. The highest BCUT2D eigenvalue weighted by Crippen LogP contribution is 2.27. The quantitative estimate of drug-likeness (QED) is 0.570. The van der Waals surface area contributed by atoms with Gasteiger partial charge in [0.05, 0.1) is 16.7 Å². The van der Waals surface area contributed by atoms with E-state index in [0.717, 1.165) is 27.9 Å². The second kappa shape index (κ2) is 3.80. The van der Waals surface area contributed by atoms with Crippen LogP contribution in [-0.4, -0.2) is 24.2 Å². The molecule has 20 heavy (non-hydrogen) atoms. The number of fused-ring (bicyclic) bond motifs is 2. The SMILES string of the molecule is Cc1nc(N)nn2ccc(-c3ccn4nccc4c3)c12. The molecule has 6 nitrogen and oxygen atoms in total. The summed E-state index contributed by atoms with van der Waals surface area (Å²) in [5.41, 5.74) is 10.8. The molecular weight excluding hydrogens is 252 g/mol. The summed E-state index contributed by atoms with van der Waals surface area (Å²) in [4.78, 5) is 4.24. The predicted molar refractivity (Wildman–Crippen MR) is 76.3 cm³/mol. The lowest BCUT2D eigenvalue weighted by atomic mass is 10.1. The summed E-state index contributed by atoms with van der Waals surface area (Å²) in [6, 6.07) is 8.13. The van der Waals surface area contributed by atoms with Crippen molar-refractivity contribution >= 4 is 17.0 Å². The minimum atomic E-state index is 0.281. The molecule has 0 bridgehead atoms. The van der Waals surface area contributed by atoms with E-state index < -0.39 is 0 Å². The van der Waals surface area contributed by atoms with Crippen molar-refractivity contribution in [1.29, 1.82) is 0 Å². The molecule has 0 aromatic carbocycles. The van der Waals surface area contributed by atoms with Gasteiger partial charge in [-0.2, -0.15) is 5.10 Å². The predicted octanol–water partition coefficient (Wildman–Crippen LogP) is 1.93. The number of aromatic nitrogens is 5. The molecule has 4 heterocycles. The van der Waals surface area contributed by atoms with Gasteiger partial charge in [0.15, 0.2) is 0 Å². The number of nitrogen functional groups attached to an aromatic ring is 1. The van der Waals surface area contributed by atoms with Crippen molar-refractivity contribution in [3.63, 3.8) is 0 Å². The van der Waals surface area contributed by atoms with E-state index in [9.17, 15) is 0 Å². The van der Waals surface area contributed by atoms with Crippen LogP contribution in [0.2, 0.25) is 0 Å². The van der Waals surface area contributed by atoms with Crippen LogP contribution in [0.15, 0.2) is 42.9 Å². The summed E-state index contributed by atoms with van der Waals surface area (Å²) in [5, 5.41) is 8.40. The fourth-order valence-electron chi connectivity index (χ4n) is 2.55. The third kappa shape index (κ3) is 1.48. The van der Waals surface area contributed by atoms with Crippen LogP contribution in [0.3, 0.4) is 0 Å². The Morgan fingerprint density at radius 2 is 1.95 bits per heavy atom. The minimum absolute atomic E-state index is 0.281. The number of rotatable bonds is 1. The zero-order valence-corrected chi connectivity index (χ0v) is 10.9. The number of hydrogen-bond donors (Lipinski definition) is 1. The Bertz CT molecular complexity index is 933. The van der Waals surface area contributed by atoms with E-state index in [1.807, 2.05) is 42.0 Å². The molecule has 6 heteroatoms. The first-order valence-electron chi connectivity index (χ1n) is 6.27. The van der Waals surface area contributed by atoms with Gasteiger partial charge in [-0.3, -0.25) is 0 Å². The van der Waals surface area contributed by atoms with Crippen molar-refractivity contribution in [2.75, 3.05) is 5.73 Å². The number of nitrogens with two attached hydrogens (primary N) is 1. The number of nitrogens with zero attached hydrogens (tertiary/aromatic N) is 5. The average molecular weight is 264 g/mol. The molecule has 0 aliphatic rings. The summed E-state index contributed by atoms with van der Waals surface area (Å²) >= 11 is 0. The molecule has 0 saturated carbocycles. The molecule has 0 atom stereocenters. The molecule has 0 radical (unpaired) electrons. The maximum Gasteiger partial charge on any atom is 0.238 e. The second-order valence-corrected chi connectivity index (χ2v) is 4.69. The van der Waals surface area contributed by atoms with Crippen molar-refractivity contribution in [1.82, 2.24) is 24.2 Å². The first-order valence-corrected chi connectivity index (χ1v) is 6.27. The van der Waals surface area contributed by atoms with E-state index in [-0.39, 0.29) is 5.95 Å². The fourth-order valence-corrected chi connectivity index (χ4v) is 2.55. The van der Waals surface area contributed by atoms with Gasteiger partial charge in [-0.1, -0.05) is 0 Å². The number of pyridine rings is 1. The number of aryl methyl sites for hydroxylation is 1. The van der Waals surface area contributed by atoms with Gasteiger partial charge < -0.3 is 5.73 Å². The van der Waals surface area contributed by atoms with Crippen molar-refractivity contribution in [2.45, 2.75) is 6.92 Å². The number of hydrogen-bond acceptors (Lipinski definition) is 4. The molecular formula is C14H12N6. The normalized spacial score (nSPS) is 11.4. The van der Waals surface area contributed by atoms with Crippen molar-refractivity contribution in [2.24, 2.45) is 0 Å². The summed E-state index contributed by atoms with van der Waals surface area (Å²) in [5.74, 6) is 0.281. The van der Waals surface area contributed by atoms with Crippen LogP contribution < -0.4 is 5.73 Å². The van der Waals surface area contributed by atoms with Crippen LogP contribution in [0.4, 0.5) is 5.95 Å². The van der Waals surface area contributed by atoms with Gasteiger partial charge in [0.25, 0.3) is 0 Å². The average Bonchev–Trinajstić information content (AvgIpc) is 3.03. The lowest BCUT2D eigenvalue weighted by Crippen LogP contribution is -2.03. The van der Waals surface area contributed by atoms with Crippen LogP contribution >= 0.6 is 0 Å². The van der Waals surface area contributed by atoms with Gasteiger partial charge >= 0.3 is 0 Å². The van der Waals surface area contributed by atoms with E-state index in [0.29, 0.717) is 0 Å². The molecule has 0 fully saturated rings. The summed E-state index contributed by atoms with van der Waals surface area (Å²) in [7, 11) is 0. The van der Waals surface area contributed by atoms with E-state index in [4.69, 9.17) is 5.73 Å². The molecule has 0 aliphatic heterocycles. The Morgan fingerprint density at radius 3 is 2.85 bits per heavy atom. The van der Waals surface area contributed by atoms with Crippen LogP contribution in [-0.2, 0) is 0 Å². The topological polar surface area (TPSA) is 73.5 Å². The highest BCUT2D eigenvalue weighted by Gasteiger charge is 2.11. The zero-order valence-electron chi connectivity index (χ0n) is 10.9. The highest BCUT2D eigenvalue weighted by molar-refractivity contribution is 5.83. The first kappa shape index (κ1) is 11.0. The van der Waals surface area contributed by atoms with Gasteiger partial charge in [-0.15, -0.1) is 5.10 Å². The Kier molecular flexibility index (Phi) is 2.09. The molecule has 0 aliphatic carbocycles. The largest absolute Gasteiger partial charge is 0.367 e. The Morgan fingerprint density at radius 1 is 1.10 bits per heavy atom. The molecule has 2 N–H and O–H groups in total. The van der Waals surface area contributed by atoms with Crippen molar-refractivity contribution < 1.29 is 0 Å². The van der Waals surface area contributed by atoms with Crippen LogP contribution in [0.5, 0.6) is 0 Å². The van der Waals surface area contributed by atoms with Gasteiger partial charge in [0, 0.05) is 24.2 Å². The van der Waals surface area contributed by atoms with E-state index in [2.05, 4.69) is 21.2 Å². The Hall–Kier alpha value is -2.89. The van der Waals surface area contributed by atoms with E-state index in [1.54, 1.807) is 10.7 Å². The third-order valence-electron chi connectivity index (χ3n) is 3.41. The highest BCUT2D eigenvalue weighted by atomic mass is 15.3. The molecule has 0 spiro atoms. The molecule has 0 amide bonds. The molecule has 4 rings (SSSR count). The van der Waals surface area contributed by atoms with Crippen molar-refractivity contribution in [3.05, 3.63) is 48.5 Å². The Balaban J connectivity index is 2.01. The summed E-state index contributed by atoms with van der Waals surface area (Å²) < 4.78 is 3.61. The van der Waals surface area contributed by atoms with Gasteiger partial charge in [-0.25, -0.2) is 14.0 Å². The zero-order chi connectivity index (χ0) is 13.7. The fraction of sp³-hybridized carbons (Fsp3) is 0.0714. The lowest BCUT2D eigenvalue weighted by Gasteiger charge is -2.04. The smallest absolute Gasteiger partial charge is 0.238 e. The van der Waals surface area contributed by atoms with Gasteiger partial charge in [0.1, 0.15) is 0 Å². The summed E-state index contributed by atoms with van der Waals surface area (Å²) in [6.45, 7) is 1.94. The van der Waals surface area contributed by atoms with E-state index in [1.165, 1.54) is 0 Å².